The van der Waals surface area contributed by atoms with Gasteiger partial charge in [0.25, 0.3) is 11.1 Å². The van der Waals surface area contributed by atoms with Crippen molar-refractivity contribution >= 4 is 56.5 Å². The number of imide groups is 1. The van der Waals surface area contributed by atoms with Crippen LogP contribution in [0.1, 0.15) is 17.0 Å². The first-order valence-electron chi connectivity index (χ1n) is 7.66. The molecule has 1 fully saturated rings. The van der Waals surface area contributed by atoms with Crippen LogP contribution in [0.4, 0.5) is 4.79 Å². The monoisotopic (exact) mass is 448 g/mol. The van der Waals surface area contributed by atoms with Gasteiger partial charge in [0.2, 0.25) is 0 Å². The zero-order chi connectivity index (χ0) is 19.0. The fourth-order valence-electron chi connectivity index (χ4n) is 2.82. The van der Waals surface area contributed by atoms with E-state index in [1.807, 2.05) is 38.1 Å². The Hall–Kier alpha value is -1.94. The van der Waals surface area contributed by atoms with Gasteiger partial charge >= 0.3 is 0 Å². The van der Waals surface area contributed by atoms with Crippen molar-refractivity contribution in [1.82, 2.24) is 9.47 Å². The minimum Gasteiger partial charge on any atom is -0.318 e. The van der Waals surface area contributed by atoms with Gasteiger partial charge in [-0.15, -0.1) is 6.42 Å². The molecule has 1 aliphatic rings. The normalized spacial score (nSPS) is 15.8. The fourth-order valence-corrected chi connectivity index (χ4v) is 4.07. The van der Waals surface area contributed by atoms with Gasteiger partial charge in [-0.1, -0.05) is 17.5 Å². The lowest BCUT2D eigenvalue weighted by Crippen LogP contribution is -2.28. The van der Waals surface area contributed by atoms with Crippen LogP contribution in [0.2, 0.25) is 5.02 Å². The van der Waals surface area contributed by atoms with Crippen LogP contribution in [-0.4, -0.2) is 27.2 Å². The highest BCUT2D eigenvalue weighted by molar-refractivity contribution is 9.10. The van der Waals surface area contributed by atoms with Gasteiger partial charge in [-0.25, -0.2) is 0 Å². The Kier molecular flexibility index (Phi) is 5.33. The zero-order valence-electron chi connectivity index (χ0n) is 14.0. The molecule has 4 nitrogen and oxygen atoms in total. The number of carbonyl (C=O) groups is 2. The Balaban J connectivity index is 2.01. The number of halogens is 2. The van der Waals surface area contributed by atoms with Gasteiger partial charge in [0.05, 0.1) is 16.5 Å². The minimum atomic E-state index is -0.352. The van der Waals surface area contributed by atoms with Gasteiger partial charge in [0, 0.05) is 21.5 Å². The Morgan fingerprint density at radius 1 is 1.31 bits per heavy atom. The van der Waals surface area contributed by atoms with Gasteiger partial charge in [0.15, 0.2) is 0 Å². The first kappa shape index (κ1) is 18.8. The number of aromatic nitrogens is 1. The Morgan fingerprint density at radius 2 is 2.04 bits per heavy atom. The van der Waals surface area contributed by atoms with Crippen LogP contribution < -0.4 is 0 Å². The molecule has 0 bridgehead atoms. The van der Waals surface area contributed by atoms with Crippen LogP contribution in [0.5, 0.6) is 0 Å². The molecule has 0 radical (unpaired) electrons. The Bertz CT molecular complexity index is 1000. The number of carbonyl (C=O) groups excluding carboxylic acids is 2. The van der Waals surface area contributed by atoms with E-state index in [-0.39, 0.29) is 17.7 Å². The molecule has 26 heavy (non-hydrogen) atoms. The third-order valence-electron chi connectivity index (χ3n) is 4.04. The van der Waals surface area contributed by atoms with E-state index in [0.717, 1.165) is 43.8 Å². The summed E-state index contributed by atoms with van der Waals surface area (Å²) in [7, 11) is 0. The third-order valence-corrected chi connectivity index (χ3v) is 6.18. The number of hydrogen-bond donors (Lipinski definition) is 0. The molecule has 132 valence electrons. The number of aryl methyl sites for hydroxylation is 1. The summed E-state index contributed by atoms with van der Waals surface area (Å²) in [4.78, 5) is 25.7. The van der Waals surface area contributed by atoms with Gasteiger partial charge in [-0.05, 0) is 77.4 Å². The van der Waals surface area contributed by atoms with Crippen LogP contribution >= 0.6 is 39.3 Å². The van der Waals surface area contributed by atoms with Crippen molar-refractivity contribution in [3.63, 3.8) is 0 Å². The maximum atomic E-state index is 12.4. The average molecular weight is 450 g/mol. The topological polar surface area (TPSA) is 42.3 Å². The second-order valence-electron chi connectivity index (χ2n) is 5.73. The summed E-state index contributed by atoms with van der Waals surface area (Å²) in [6, 6.07) is 7.69. The van der Waals surface area contributed by atoms with Gasteiger partial charge < -0.3 is 4.57 Å². The summed E-state index contributed by atoms with van der Waals surface area (Å²) in [5.41, 5.74) is 3.74. The summed E-state index contributed by atoms with van der Waals surface area (Å²) in [6.45, 7) is 3.92. The molecule has 3 rings (SSSR count). The maximum Gasteiger partial charge on any atom is 0.294 e. The standard InChI is InChI=1S/C19H14BrClN2O2S/c1-4-7-22-18(24)17(26-19(22)25)9-13-8-11(2)23(12(13)3)14-5-6-15(20)16(21)10-14/h1,5-6,8-10H,7H2,2-3H3/b17-9-. The fraction of sp³-hybridized carbons (Fsp3) is 0.158. The van der Waals surface area contributed by atoms with Crippen molar-refractivity contribution in [2.45, 2.75) is 13.8 Å². The van der Waals surface area contributed by atoms with Crippen LogP contribution in [0.25, 0.3) is 11.8 Å². The highest BCUT2D eigenvalue weighted by Crippen LogP contribution is 2.34. The predicted molar refractivity (Wildman–Crippen MR) is 109 cm³/mol. The van der Waals surface area contributed by atoms with Crippen LogP contribution in [0.3, 0.4) is 0 Å². The summed E-state index contributed by atoms with van der Waals surface area (Å²) in [5, 5.41) is 0.277. The molecular formula is C19H14BrClN2O2S. The molecule has 1 saturated heterocycles. The molecule has 0 aliphatic carbocycles. The summed E-state index contributed by atoms with van der Waals surface area (Å²) < 4.78 is 2.88. The first-order valence-corrected chi connectivity index (χ1v) is 9.65. The number of nitrogens with zero attached hydrogens (tertiary/aromatic N) is 2. The molecule has 2 heterocycles. The number of amides is 2. The van der Waals surface area contributed by atoms with Gasteiger partial charge in [-0.3, -0.25) is 14.5 Å². The van der Waals surface area contributed by atoms with E-state index >= 15 is 0 Å². The molecule has 1 aromatic heterocycles. The first-order chi connectivity index (χ1) is 12.3. The quantitative estimate of drug-likeness (QED) is 0.479. The molecule has 0 saturated carbocycles. The van der Waals surface area contributed by atoms with E-state index < -0.39 is 0 Å². The van der Waals surface area contributed by atoms with Crippen molar-refractivity contribution in [2.75, 3.05) is 6.54 Å². The Morgan fingerprint density at radius 3 is 2.69 bits per heavy atom. The van der Waals surface area contributed by atoms with Crippen molar-refractivity contribution in [2.24, 2.45) is 0 Å². The second-order valence-corrected chi connectivity index (χ2v) is 7.99. The smallest absolute Gasteiger partial charge is 0.294 e. The lowest BCUT2D eigenvalue weighted by molar-refractivity contribution is -0.122. The highest BCUT2D eigenvalue weighted by atomic mass is 79.9. The van der Waals surface area contributed by atoms with Crippen LogP contribution in [0.15, 0.2) is 33.6 Å². The molecule has 0 N–H and O–H groups in total. The van der Waals surface area contributed by atoms with Gasteiger partial charge in [0.1, 0.15) is 0 Å². The van der Waals surface area contributed by atoms with E-state index in [9.17, 15) is 9.59 Å². The minimum absolute atomic E-state index is 0.0155. The molecule has 7 heteroatoms. The summed E-state index contributed by atoms with van der Waals surface area (Å²) in [5.74, 6) is 1.98. The Labute approximate surface area is 169 Å². The third kappa shape index (κ3) is 3.35. The van der Waals surface area contributed by atoms with Crippen LogP contribution in [0, 0.1) is 26.2 Å². The molecular weight excluding hydrogens is 436 g/mol. The average Bonchev–Trinajstić information content (AvgIpc) is 3.01. The van der Waals surface area contributed by atoms with Crippen molar-refractivity contribution in [3.8, 4) is 18.0 Å². The van der Waals surface area contributed by atoms with Crippen molar-refractivity contribution < 1.29 is 9.59 Å². The van der Waals surface area contributed by atoms with E-state index in [4.69, 9.17) is 18.0 Å². The van der Waals surface area contributed by atoms with E-state index in [0.29, 0.717) is 9.93 Å². The number of terminal acetylenes is 1. The van der Waals surface area contributed by atoms with Crippen molar-refractivity contribution in [1.29, 1.82) is 0 Å². The second kappa shape index (κ2) is 7.36. The number of benzene rings is 1. The molecule has 2 amide bonds. The van der Waals surface area contributed by atoms with Gasteiger partial charge in [-0.2, -0.15) is 0 Å². The maximum absolute atomic E-state index is 12.4. The van der Waals surface area contributed by atoms with E-state index in [1.165, 1.54) is 0 Å². The molecule has 2 aromatic rings. The SMILES string of the molecule is C#CCN1C(=O)S/C(=C\c2cc(C)n(-c3ccc(Br)c(Cl)c3)c2C)C1=O. The molecule has 0 atom stereocenters. The summed E-state index contributed by atoms with van der Waals surface area (Å²) >= 11 is 10.5. The lowest BCUT2D eigenvalue weighted by atomic mass is 10.2. The number of rotatable bonds is 3. The molecule has 1 aromatic carbocycles. The molecule has 1 aliphatic heterocycles. The molecule has 0 spiro atoms. The number of hydrogen-bond acceptors (Lipinski definition) is 3. The highest BCUT2D eigenvalue weighted by Gasteiger charge is 2.34. The zero-order valence-corrected chi connectivity index (χ0v) is 17.2. The molecule has 0 unspecified atom stereocenters. The van der Waals surface area contributed by atoms with E-state index in [1.54, 1.807) is 6.08 Å². The largest absolute Gasteiger partial charge is 0.318 e. The van der Waals surface area contributed by atoms with Crippen molar-refractivity contribution in [3.05, 3.63) is 55.6 Å². The number of thioether (sulfide) groups is 1. The predicted octanol–water partition coefficient (Wildman–Crippen LogP) is 5.18. The van der Waals surface area contributed by atoms with Crippen LogP contribution in [-0.2, 0) is 4.79 Å². The lowest BCUT2D eigenvalue weighted by Gasteiger charge is -2.11. The summed E-state index contributed by atoms with van der Waals surface area (Å²) in [6.07, 6.45) is 6.96. The van der Waals surface area contributed by atoms with E-state index in [2.05, 4.69) is 26.4 Å².